The molecule has 0 aliphatic rings. The molecule has 1 heterocycles. The molecule has 0 atom stereocenters. The molecule has 0 saturated heterocycles. The normalized spacial score (nSPS) is 12.0. The maximum atomic E-state index is 2.45. The molecular weight excluding hydrogens is 801 g/mol. The topological polar surface area (TPSA) is 0 Å². The van der Waals surface area contributed by atoms with Crippen LogP contribution >= 0.6 is 11.3 Å². The minimum Gasteiger partial charge on any atom is -0.134 e. The van der Waals surface area contributed by atoms with Gasteiger partial charge in [-0.1, -0.05) is 206 Å². The second-order valence-corrected chi connectivity index (χ2v) is 18.5. The molecule has 13 aromatic carbocycles. The summed E-state index contributed by atoms with van der Waals surface area (Å²) in [7, 11) is 0. The van der Waals surface area contributed by atoms with Gasteiger partial charge in [-0.15, -0.1) is 11.3 Å². The van der Waals surface area contributed by atoms with Gasteiger partial charge in [-0.2, -0.15) is 0 Å². The third kappa shape index (κ3) is 5.50. The van der Waals surface area contributed by atoms with E-state index in [0.717, 1.165) is 0 Å². The van der Waals surface area contributed by atoms with E-state index in [2.05, 4.69) is 231 Å². The third-order valence-electron chi connectivity index (χ3n) is 14.0. The van der Waals surface area contributed by atoms with E-state index in [4.69, 9.17) is 0 Å². The Morgan fingerprint density at radius 2 is 0.723 bits per heavy atom. The predicted molar refractivity (Wildman–Crippen MR) is 284 cm³/mol. The van der Waals surface area contributed by atoms with E-state index in [-0.39, 0.29) is 0 Å². The first-order chi connectivity index (χ1) is 32.2. The maximum Gasteiger partial charge on any atom is 0.0440 e. The van der Waals surface area contributed by atoms with Crippen molar-refractivity contribution in [2.75, 3.05) is 0 Å². The summed E-state index contributed by atoms with van der Waals surface area (Å²) < 4.78 is 2.71. The summed E-state index contributed by atoms with van der Waals surface area (Å²) in [5, 5.41) is 20.6. The smallest absolute Gasteiger partial charge is 0.0440 e. The van der Waals surface area contributed by atoms with Crippen LogP contribution in [-0.2, 0) is 0 Å². The zero-order chi connectivity index (χ0) is 42.6. The number of hydrogen-bond acceptors (Lipinski definition) is 1. The van der Waals surface area contributed by atoms with Crippen molar-refractivity contribution >= 4 is 107 Å². The van der Waals surface area contributed by atoms with E-state index in [9.17, 15) is 0 Å². The van der Waals surface area contributed by atoms with Crippen molar-refractivity contribution in [3.63, 3.8) is 0 Å². The molecule has 14 aromatic rings. The summed E-state index contributed by atoms with van der Waals surface area (Å²) in [6, 6.07) is 86.0. The van der Waals surface area contributed by atoms with Gasteiger partial charge in [-0.05, 0) is 139 Å². The molecule has 1 heteroatoms. The highest BCUT2D eigenvalue weighted by Crippen LogP contribution is 2.49. The lowest BCUT2D eigenvalue weighted by Crippen LogP contribution is -1.93. The average molecular weight is 839 g/mol. The Morgan fingerprint density at radius 3 is 1.46 bits per heavy atom. The second-order valence-electron chi connectivity index (χ2n) is 17.5. The van der Waals surface area contributed by atoms with E-state index < -0.39 is 0 Å². The summed E-state index contributed by atoms with van der Waals surface area (Å²) >= 11 is 1.94. The molecule has 0 radical (unpaired) electrons. The van der Waals surface area contributed by atoms with Crippen molar-refractivity contribution in [2.24, 2.45) is 0 Å². The van der Waals surface area contributed by atoms with Crippen molar-refractivity contribution in [1.29, 1.82) is 0 Å². The van der Waals surface area contributed by atoms with Crippen LogP contribution in [0.4, 0.5) is 0 Å². The highest BCUT2D eigenvalue weighted by Gasteiger charge is 2.21. The van der Waals surface area contributed by atoms with Crippen LogP contribution in [0.2, 0.25) is 0 Å². The van der Waals surface area contributed by atoms with Gasteiger partial charge in [0.15, 0.2) is 0 Å². The Labute approximate surface area is 379 Å². The summed E-state index contributed by atoms with van der Waals surface area (Å²) in [5.74, 6) is 0. The van der Waals surface area contributed by atoms with Gasteiger partial charge in [0.05, 0.1) is 0 Å². The van der Waals surface area contributed by atoms with Gasteiger partial charge < -0.3 is 0 Å². The van der Waals surface area contributed by atoms with E-state index in [1.165, 1.54) is 140 Å². The number of rotatable bonds is 4. The molecule has 0 aliphatic carbocycles. The standard InChI is InChI=1S/C64H38S/c1-4-21-46-39(15-1)18-14-30-48(46)45-36-43-17-3-5-22-47(43)58(38-45)61-55-28-11-9-26-53(55)60(54-27-10-12-29-56(54)61)44-20-13-19-41(35-44)42-32-33-51-50-24-7-8-25-52(50)62-57-34-31-40-16-2-6-23-49(40)63(57)65-64(62)59(51)37-42/h1-38H. The van der Waals surface area contributed by atoms with Gasteiger partial charge in [-0.25, -0.2) is 0 Å². The number of hydrogen-bond donors (Lipinski definition) is 0. The van der Waals surface area contributed by atoms with E-state index in [1.807, 2.05) is 11.3 Å². The van der Waals surface area contributed by atoms with Crippen molar-refractivity contribution in [3.05, 3.63) is 231 Å². The van der Waals surface area contributed by atoms with Crippen molar-refractivity contribution in [2.45, 2.75) is 0 Å². The zero-order valence-corrected chi connectivity index (χ0v) is 36.2. The van der Waals surface area contributed by atoms with Gasteiger partial charge in [0, 0.05) is 25.6 Å². The van der Waals surface area contributed by atoms with Crippen LogP contribution in [0.25, 0.3) is 140 Å². The molecule has 0 fully saturated rings. The molecule has 300 valence electrons. The first kappa shape index (κ1) is 36.4. The van der Waals surface area contributed by atoms with Crippen LogP contribution in [0.1, 0.15) is 0 Å². The molecule has 0 aliphatic heterocycles. The molecule has 0 unspecified atom stereocenters. The Bertz CT molecular complexity index is 4240. The monoisotopic (exact) mass is 838 g/mol. The van der Waals surface area contributed by atoms with Crippen molar-refractivity contribution in [1.82, 2.24) is 0 Å². The molecule has 0 saturated carbocycles. The lowest BCUT2D eigenvalue weighted by Gasteiger charge is -2.20. The lowest BCUT2D eigenvalue weighted by molar-refractivity contribution is 1.63. The van der Waals surface area contributed by atoms with Gasteiger partial charge in [0.25, 0.3) is 0 Å². The molecule has 0 N–H and O–H groups in total. The lowest BCUT2D eigenvalue weighted by atomic mass is 9.83. The summed E-state index contributed by atoms with van der Waals surface area (Å²) in [6.45, 7) is 0. The van der Waals surface area contributed by atoms with Crippen LogP contribution in [0.15, 0.2) is 231 Å². The van der Waals surface area contributed by atoms with Gasteiger partial charge in [0.2, 0.25) is 0 Å². The largest absolute Gasteiger partial charge is 0.134 e. The molecular formula is C64H38S. The van der Waals surface area contributed by atoms with Crippen LogP contribution in [-0.4, -0.2) is 0 Å². The third-order valence-corrected chi connectivity index (χ3v) is 15.3. The highest BCUT2D eigenvalue weighted by atomic mass is 32.1. The van der Waals surface area contributed by atoms with Crippen LogP contribution in [0, 0.1) is 0 Å². The number of fused-ring (bicyclic) bond motifs is 14. The van der Waals surface area contributed by atoms with Crippen LogP contribution < -0.4 is 0 Å². The zero-order valence-electron chi connectivity index (χ0n) is 35.3. The van der Waals surface area contributed by atoms with Gasteiger partial charge in [-0.3, -0.25) is 0 Å². The van der Waals surface area contributed by atoms with Crippen LogP contribution in [0.3, 0.4) is 0 Å². The van der Waals surface area contributed by atoms with Crippen LogP contribution in [0.5, 0.6) is 0 Å². The predicted octanol–water partition coefficient (Wildman–Crippen LogP) is 18.8. The quantitative estimate of drug-likeness (QED) is 0.122. The average Bonchev–Trinajstić information content (AvgIpc) is 3.78. The Morgan fingerprint density at radius 1 is 0.215 bits per heavy atom. The molecule has 0 amide bonds. The summed E-state index contributed by atoms with van der Waals surface area (Å²) in [5.41, 5.74) is 9.92. The Balaban J connectivity index is 0.991. The maximum absolute atomic E-state index is 2.45. The van der Waals surface area contributed by atoms with E-state index in [0.29, 0.717) is 0 Å². The highest BCUT2D eigenvalue weighted by molar-refractivity contribution is 7.27. The fourth-order valence-electron chi connectivity index (χ4n) is 11.1. The second kappa shape index (κ2) is 14.2. The van der Waals surface area contributed by atoms with Gasteiger partial charge >= 0.3 is 0 Å². The fourth-order valence-corrected chi connectivity index (χ4v) is 12.5. The van der Waals surface area contributed by atoms with Crippen molar-refractivity contribution < 1.29 is 0 Å². The molecule has 14 rings (SSSR count). The molecule has 0 bridgehead atoms. The fraction of sp³-hybridized carbons (Fsp3) is 0. The summed E-state index contributed by atoms with van der Waals surface area (Å²) in [6.07, 6.45) is 0. The number of thiophene rings is 1. The minimum absolute atomic E-state index is 1.21. The molecule has 0 nitrogen and oxygen atoms in total. The van der Waals surface area contributed by atoms with E-state index >= 15 is 0 Å². The first-order valence-electron chi connectivity index (χ1n) is 22.5. The Hall–Kier alpha value is -8.10. The number of benzene rings is 13. The van der Waals surface area contributed by atoms with E-state index in [1.54, 1.807) is 0 Å². The Kier molecular flexibility index (Phi) is 7.95. The minimum atomic E-state index is 1.21. The molecule has 1 aromatic heterocycles. The summed E-state index contributed by atoms with van der Waals surface area (Å²) in [4.78, 5) is 0. The first-order valence-corrected chi connectivity index (χ1v) is 23.3. The molecule has 0 spiro atoms. The van der Waals surface area contributed by atoms with Gasteiger partial charge in [0.1, 0.15) is 0 Å². The SMILES string of the molecule is c1cc(-c2ccc3c4ccccc4c4c5ccc6ccccc6c5sc4c3c2)cc(-c2c3ccccc3c(-c3cc(-c4cccc5ccccc45)cc4ccccc34)c3ccccc23)c1. The van der Waals surface area contributed by atoms with Crippen molar-refractivity contribution in [3.8, 4) is 44.5 Å². The molecule has 65 heavy (non-hydrogen) atoms.